The van der Waals surface area contributed by atoms with Gasteiger partial charge in [0.05, 0.1) is 0 Å². The van der Waals surface area contributed by atoms with E-state index in [0.717, 1.165) is 11.8 Å². The zero-order valence-corrected chi connectivity index (χ0v) is 9.80. The minimum absolute atomic E-state index is 0.737. The third kappa shape index (κ3) is 3.84. The van der Waals surface area contributed by atoms with Gasteiger partial charge >= 0.3 is 0 Å². The van der Waals surface area contributed by atoms with Crippen LogP contribution in [-0.2, 0) is 5.75 Å². The van der Waals surface area contributed by atoms with Gasteiger partial charge in [-0.1, -0.05) is 12.5 Å². The van der Waals surface area contributed by atoms with E-state index < -0.39 is 0 Å². The Hall–Kier alpha value is -0.540. The molecule has 1 atom stereocenters. The van der Waals surface area contributed by atoms with Crippen molar-refractivity contribution in [2.45, 2.75) is 31.1 Å². The summed E-state index contributed by atoms with van der Waals surface area (Å²) < 4.78 is 0. The number of thioether (sulfide) groups is 1. The highest BCUT2D eigenvalue weighted by atomic mass is 32.2. The molecule has 0 aliphatic carbocycles. The van der Waals surface area contributed by atoms with Crippen LogP contribution in [0, 0.1) is 0 Å². The lowest BCUT2D eigenvalue weighted by Gasteiger charge is -2.22. The number of hydrogen-bond donors (Lipinski definition) is 1. The van der Waals surface area contributed by atoms with Crippen molar-refractivity contribution in [1.29, 1.82) is 0 Å². The summed E-state index contributed by atoms with van der Waals surface area (Å²) in [6.07, 6.45) is 7.88. The molecule has 1 aliphatic heterocycles. The summed E-state index contributed by atoms with van der Waals surface area (Å²) in [5, 5.41) is 3.57. The fraction of sp³-hybridized carbons (Fsp3) is 0.583. The number of hydrogen-bond acceptors (Lipinski definition) is 3. The lowest BCUT2D eigenvalue weighted by Crippen LogP contribution is -2.35. The second-order valence-corrected chi connectivity index (χ2v) is 5.05. The molecule has 1 aromatic heterocycles. The van der Waals surface area contributed by atoms with Crippen LogP contribution in [0.2, 0.25) is 0 Å². The topological polar surface area (TPSA) is 24.9 Å². The van der Waals surface area contributed by atoms with E-state index in [9.17, 15) is 0 Å². The van der Waals surface area contributed by atoms with Gasteiger partial charge in [0, 0.05) is 29.9 Å². The first-order valence-electron chi connectivity index (χ1n) is 5.65. The van der Waals surface area contributed by atoms with E-state index in [0.29, 0.717) is 0 Å². The summed E-state index contributed by atoms with van der Waals surface area (Å²) in [7, 11) is 0. The molecule has 0 saturated carbocycles. The van der Waals surface area contributed by atoms with Crippen LogP contribution in [-0.4, -0.2) is 23.3 Å². The number of rotatable bonds is 4. The molecular weight excluding hydrogens is 204 g/mol. The standard InChI is InChI=1S/C12H18N2S/c1-2-7-14-12(5-1)10-15-9-11-4-3-6-13-8-11/h3-4,6,8,12,14H,1-2,5,7,9-10H2/t12-/m1/s1. The number of aromatic nitrogens is 1. The summed E-state index contributed by atoms with van der Waals surface area (Å²) in [5.74, 6) is 2.32. The number of nitrogens with zero attached hydrogens (tertiary/aromatic N) is 1. The molecule has 0 spiro atoms. The molecule has 1 saturated heterocycles. The van der Waals surface area contributed by atoms with E-state index in [1.807, 2.05) is 30.2 Å². The zero-order valence-electron chi connectivity index (χ0n) is 8.98. The average molecular weight is 222 g/mol. The van der Waals surface area contributed by atoms with Crippen LogP contribution in [0.5, 0.6) is 0 Å². The molecule has 2 heterocycles. The molecule has 1 aromatic rings. The van der Waals surface area contributed by atoms with E-state index >= 15 is 0 Å². The first-order chi connectivity index (χ1) is 7.45. The van der Waals surface area contributed by atoms with Gasteiger partial charge in [0.2, 0.25) is 0 Å². The molecule has 0 amide bonds. The van der Waals surface area contributed by atoms with Crippen molar-refractivity contribution in [2.75, 3.05) is 12.3 Å². The van der Waals surface area contributed by atoms with Gasteiger partial charge in [-0.25, -0.2) is 0 Å². The van der Waals surface area contributed by atoms with E-state index in [-0.39, 0.29) is 0 Å². The van der Waals surface area contributed by atoms with E-state index in [1.165, 1.54) is 37.1 Å². The molecule has 1 N–H and O–H groups in total. The Bertz CT molecular complexity index is 270. The minimum Gasteiger partial charge on any atom is -0.313 e. The van der Waals surface area contributed by atoms with Crippen LogP contribution in [0.15, 0.2) is 24.5 Å². The zero-order chi connectivity index (χ0) is 10.3. The highest BCUT2D eigenvalue weighted by molar-refractivity contribution is 7.98. The van der Waals surface area contributed by atoms with Crippen LogP contribution in [0.3, 0.4) is 0 Å². The molecule has 0 aromatic carbocycles. The molecule has 1 aliphatic rings. The van der Waals surface area contributed by atoms with Crippen molar-refractivity contribution in [2.24, 2.45) is 0 Å². The molecule has 82 valence electrons. The van der Waals surface area contributed by atoms with E-state index in [4.69, 9.17) is 0 Å². The maximum atomic E-state index is 4.12. The van der Waals surface area contributed by atoms with Gasteiger partial charge in [-0.2, -0.15) is 11.8 Å². The highest BCUT2D eigenvalue weighted by Crippen LogP contribution is 2.16. The van der Waals surface area contributed by atoms with Gasteiger partial charge in [0.25, 0.3) is 0 Å². The first-order valence-corrected chi connectivity index (χ1v) is 6.80. The Morgan fingerprint density at radius 2 is 2.47 bits per heavy atom. The second-order valence-electron chi connectivity index (χ2n) is 4.02. The molecule has 3 heteroatoms. The molecule has 0 unspecified atom stereocenters. The lowest BCUT2D eigenvalue weighted by molar-refractivity contribution is 0.430. The van der Waals surface area contributed by atoms with Crippen LogP contribution in [0.4, 0.5) is 0 Å². The normalized spacial score (nSPS) is 21.5. The third-order valence-electron chi connectivity index (χ3n) is 2.72. The molecule has 2 rings (SSSR count). The quantitative estimate of drug-likeness (QED) is 0.847. The number of nitrogens with one attached hydrogen (secondary N) is 1. The van der Waals surface area contributed by atoms with Gasteiger partial charge in [-0.05, 0) is 31.0 Å². The molecule has 0 radical (unpaired) electrons. The van der Waals surface area contributed by atoms with Gasteiger partial charge < -0.3 is 5.32 Å². The van der Waals surface area contributed by atoms with Crippen molar-refractivity contribution in [3.63, 3.8) is 0 Å². The van der Waals surface area contributed by atoms with Gasteiger partial charge in [-0.15, -0.1) is 0 Å². The minimum atomic E-state index is 0.737. The lowest BCUT2D eigenvalue weighted by atomic mass is 10.1. The highest BCUT2D eigenvalue weighted by Gasteiger charge is 2.11. The van der Waals surface area contributed by atoms with Crippen LogP contribution < -0.4 is 5.32 Å². The summed E-state index contributed by atoms with van der Waals surface area (Å²) in [6, 6.07) is 4.89. The predicted octanol–water partition coefficient (Wildman–Crippen LogP) is 2.46. The summed E-state index contributed by atoms with van der Waals surface area (Å²) in [4.78, 5) is 4.12. The van der Waals surface area contributed by atoms with Crippen LogP contribution in [0.1, 0.15) is 24.8 Å². The second kappa shape index (κ2) is 6.13. The number of pyridine rings is 1. The maximum Gasteiger partial charge on any atom is 0.0308 e. The van der Waals surface area contributed by atoms with E-state index in [2.05, 4.69) is 16.4 Å². The fourth-order valence-corrected chi connectivity index (χ4v) is 2.96. The van der Waals surface area contributed by atoms with Crippen molar-refractivity contribution in [3.05, 3.63) is 30.1 Å². The van der Waals surface area contributed by atoms with Crippen molar-refractivity contribution in [1.82, 2.24) is 10.3 Å². The largest absolute Gasteiger partial charge is 0.313 e. The summed E-state index contributed by atoms with van der Waals surface area (Å²) in [6.45, 7) is 1.21. The SMILES string of the molecule is c1cncc(CSC[C@H]2CCCCN2)c1. The monoisotopic (exact) mass is 222 g/mol. The van der Waals surface area contributed by atoms with E-state index in [1.54, 1.807) is 0 Å². The van der Waals surface area contributed by atoms with Crippen LogP contribution in [0.25, 0.3) is 0 Å². The summed E-state index contributed by atoms with van der Waals surface area (Å²) in [5.41, 5.74) is 1.33. The number of piperidine rings is 1. The smallest absolute Gasteiger partial charge is 0.0308 e. The Morgan fingerprint density at radius 3 is 3.20 bits per heavy atom. The summed E-state index contributed by atoms with van der Waals surface area (Å²) >= 11 is 2.01. The maximum absolute atomic E-state index is 4.12. The Labute approximate surface area is 95.9 Å². The van der Waals surface area contributed by atoms with Crippen LogP contribution >= 0.6 is 11.8 Å². The van der Waals surface area contributed by atoms with Gasteiger partial charge in [-0.3, -0.25) is 4.98 Å². The molecule has 0 bridgehead atoms. The third-order valence-corrected chi connectivity index (χ3v) is 3.90. The Morgan fingerprint density at radius 1 is 1.47 bits per heavy atom. The van der Waals surface area contributed by atoms with Gasteiger partial charge in [0.1, 0.15) is 0 Å². The molecule has 2 nitrogen and oxygen atoms in total. The fourth-order valence-electron chi connectivity index (χ4n) is 1.87. The van der Waals surface area contributed by atoms with Gasteiger partial charge in [0.15, 0.2) is 0 Å². The predicted molar refractivity (Wildman–Crippen MR) is 66.0 cm³/mol. The molecular formula is C12H18N2S. The van der Waals surface area contributed by atoms with Crippen molar-refractivity contribution >= 4 is 11.8 Å². The Balaban J connectivity index is 1.66. The Kier molecular flexibility index (Phi) is 4.48. The first kappa shape index (κ1) is 11.0. The molecule has 15 heavy (non-hydrogen) atoms. The van der Waals surface area contributed by atoms with Crippen molar-refractivity contribution in [3.8, 4) is 0 Å². The van der Waals surface area contributed by atoms with Crippen molar-refractivity contribution < 1.29 is 0 Å². The molecule has 1 fully saturated rings. The average Bonchev–Trinajstić information content (AvgIpc) is 2.32.